The molecule has 1 aliphatic rings. The number of amides is 1. The number of nitrogens with zero attached hydrogens (tertiary/aromatic N) is 2. The van der Waals surface area contributed by atoms with Crippen LogP contribution in [0.3, 0.4) is 0 Å². The maximum absolute atomic E-state index is 15.3. The van der Waals surface area contributed by atoms with E-state index >= 15 is 4.39 Å². The molecule has 1 fully saturated rings. The van der Waals surface area contributed by atoms with Gasteiger partial charge in [0.05, 0.1) is 16.0 Å². The van der Waals surface area contributed by atoms with E-state index in [1.807, 2.05) is 0 Å². The Morgan fingerprint density at radius 2 is 1.58 bits per heavy atom. The van der Waals surface area contributed by atoms with Crippen LogP contribution in [0, 0.1) is 0 Å². The Balaban J connectivity index is 1.67. The summed E-state index contributed by atoms with van der Waals surface area (Å²) in [6.07, 6.45) is -9.77. The van der Waals surface area contributed by atoms with Gasteiger partial charge >= 0.3 is 12.4 Å². The van der Waals surface area contributed by atoms with Crippen LogP contribution in [-0.2, 0) is 22.2 Å². The molecule has 1 saturated carbocycles. The second-order valence-electron chi connectivity index (χ2n) is 7.45. The number of halogens is 7. The first-order chi connectivity index (χ1) is 15.1. The van der Waals surface area contributed by atoms with Gasteiger partial charge < -0.3 is 5.32 Å². The lowest BCUT2D eigenvalue weighted by Gasteiger charge is -2.33. The Kier molecular flexibility index (Phi) is 6.43. The maximum atomic E-state index is 15.3. The molecule has 33 heavy (non-hydrogen) atoms. The summed E-state index contributed by atoms with van der Waals surface area (Å²) >= 11 is 0. The SMILES string of the molecule is O=C(NC1CCC(F)(S(=O)(=O)c2cccc(C(F)(F)F)c2)CC1)c1cnc(C(F)(F)F)nc1. The van der Waals surface area contributed by atoms with E-state index in [-0.39, 0.29) is 18.4 Å². The number of benzene rings is 1. The zero-order valence-electron chi connectivity index (χ0n) is 16.5. The molecule has 3 rings (SSSR count). The van der Waals surface area contributed by atoms with Gasteiger partial charge in [0.1, 0.15) is 0 Å². The fourth-order valence-corrected chi connectivity index (χ4v) is 5.11. The van der Waals surface area contributed by atoms with Crippen LogP contribution in [0.4, 0.5) is 30.7 Å². The van der Waals surface area contributed by atoms with E-state index in [0.717, 1.165) is 12.1 Å². The van der Waals surface area contributed by atoms with Crippen LogP contribution in [0.2, 0.25) is 0 Å². The van der Waals surface area contributed by atoms with Gasteiger partial charge in [0.15, 0.2) is 0 Å². The van der Waals surface area contributed by atoms with Crippen molar-refractivity contribution in [2.75, 3.05) is 0 Å². The normalized spacial score (nSPS) is 22.1. The summed E-state index contributed by atoms with van der Waals surface area (Å²) in [5.41, 5.74) is -1.51. The summed E-state index contributed by atoms with van der Waals surface area (Å²) in [5.74, 6) is -2.26. The van der Waals surface area contributed by atoms with Crippen LogP contribution in [-0.4, -0.2) is 35.3 Å². The van der Waals surface area contributed by atoms with Gasteiger partial charge in [-0.1, -0.05) is 6.07 Å². The second-order valence-corrected chi connectivity index (χ2v) is 9.66. The van der Waals surface area contributed by atoms with E-state index in [4.69, 9.17) is 0 Å². The van der Waals surface area contributed by atoms with E-state index in [1.54, 1.807) is 0 Å². The standard InChI is InChI=1S/C19H16F7N3O3S/c20-17(33(31,32)14-3-1-2-12(8-14)18(21,22)23)6-4-13(5-7-17)29-15(30)11-9-27-16(28-10-11)19(24,25)26/h1-3,8-10,13H,4-7H2,(H,29,30). The molecular formula is C19H16F7N3O3S. The van der Waals surface area contributed by atoms with Crippen LogP contribution < -0.4 is 5.32 Å². The van der Waals surface area contributed by atoms with Gasteiger partial charge in [-0.3, -0.25) is 4.79 Å². The third-order valence-electron chi connectivity index (χ3n) is 5.19. The summed E-state index contributed by atoms with van der Waals surface area (Å²) in [6.45, 7) is 0. The third kappa shape index (κ3) is 5.25. The van der Waals surface area contributed by atoms with Crippen LogP contribution in [0.1, 0.15) is 47.4 Å². The topological polar surface area (TPSA) is 89.0 Å². The minimum atomic E-state index is -4.81. The van der Waals surface area contributed by atoms with E-state index < -0.39 is 68.3 Å². The van der Waals surface area contributed by atoms with E-state index in [9.17, 15) is 39.6 Å². The van der Waals surface area contributed by atoms with Crippen LogP contribution in [0.25, 0.3) is 0 Å². The van der Waals surface area contributed by atoms with Gasteiger partial charge in [0, 0.05) is 18.4 Å². The summed E-state index contributed by atoms with van der Waals surface area (Å²) in [4.78, 5) is 17.5. The zero-order valence-corrected chi connectivity index (χ0v) is 17.4. The molecule has 1 amide bonds. The molecule has 0 saturated heterocycles. The zero-order chi connectivity index (χ0) is 24.7. The molecule has 0 atom stereocenters. The summed E-state index contributed by atoms with van der Waals surface area (Å²) in [5, 5.41) is -0.396. The Labute approximate surface area is 183 Å². The van der Waals surface area contributed by atoms with Crippen molar-refractivity contribution in [1.29, 1.82) is 0 Å². The highest BCUT2D eigenvalue weighted by Gasteiger charge is 2.48. The van der Waals surface area contributed by atoms with Crippen molar-refractivity contribution >= 4 is 15.7 Å². The number of hydrogen-bond acceptors (Lipinski definition) is 5. The molecule has 1 aliphatic carbocycles. The molecule has 14 heteroatoms. The van der Waals surface area contributed by atoms with E-state index in [1.165, 1.54) is 0 Å². The largest absolute Gasteiger partial charge is 0.451 e. The maximum Gasteiger partial charge on any atom is 0.451 e. The van der Waals surface area contributed by atoms with Gasteiger partial charge in [-0.15, -0.1) is 0 Å². The molecule has 0 unspecified atom stereocenters. The molecule has 180 valence electrons. The highest BCUT2D eigenvalue weighted by Crippen LogP contribution is 2.41. The molecule has 0 bridgehead atoms. The fourth-order valence-electron chi connectivity index (χ4n) is 3.37. The number of aromatic nitrogens is 2. The Hall–Kier alpha value is -2.77. The van der Waals surface area contributed by atoms with Crippen molar-refractivity contribution in [3.8, 4) is 0 Å². The molecule has 2 aromatic rings. The molecule has 1 aromatic heterocycles. The first-order valence-corrected chi connectivity index (χ1v) is 10.9. The first-order valence-electron chi connectivity index (χ1n) is 9.44. The Morgan fingerprint density at radius 1 is 1.00 bits per heavy atom. The van der Waals surface area contributed by atoms with Crippen molar-refractivity contribution in [3.05, 3.63) is 53.6 Å². The van der Waals surface area contributed by atoms with Gasteiger partial charge in [0.25, 0.3) is 5.91 Å². The number of sulfone groups is 1. The van der Waals surface area contributed by atoms with Crippen molar-refractivity contribution in [2.24, 2.45) is 0 Å². The Morgan fingerprint density at radius 3 is 2.09 bits per heavy atom. The monoisotopic (exact) mass is 499 g/mol. The van der Waals surface area contributed by atoms with Crippen LogP contribution in [0.15, 0.2) is 41.6 Å². The quantitative estimate of drug-likeness (QED) is 0.633. The highest BCUT2D eigenvalue weighted by atomic mass is 32.2. The fraction of sp³-hybridized carbons (Fsp3) is 0.421. The molecule has 0 radical (unpaired) electrons. The lowest BCUT2D eigenvalue weighted by Crippen LogP contribution is -2.45. The van der Waals surface area contributed by atoms with Crippen LogP contribution >= 0.6 is 0 Å². The summed E-state index contributed by atoms with van der Waals surface area (Å²) in [6, 6.07) is 2.08. The average Bonchev–Trinajstić information content (AvgIpc) is 2.74. The lowest BCUT2D eigenvalue weighted by molar-refractivity contribution is -0.145. The van der Waals surface area contributed by atoms with E-state index in [2.05, 4.69) is 15.3 Å². The summed E-state index contributed by atoms with van der Waals surface area (Å²) < 4.78 is 117. The molecular weight excluding hydrogens is 483 g/mol. The highest BCUT2D eigenvalue weighted by molar-refractivity contribution is 7.92. The van der Waals surface area contributed by atoms with Gasteiger partial charge in [-0.25, -0.2) is 22.8 Å². The number of carbonyl (C=O) groups excluding carboxylic acids is 1. The molecule has 0 spiro atoms. The molecule has 1 aromatic carbocycles. The predicted molar refractivity (Wildman–Crippen MR) is 99.2 cm³/mol. The first kappa shape index (κ1) is 24.9. The van der Waals surface area contributed by atoms with E-state index in [0.29, 0.717) is 24.5 Å². The van der Waals surface area contributed by atoms with Crippen molar-refractivity contribution in [2.45, 2.75) is 54.0 Å². The van der Waals surface area contributed by atoms with Crippen LogP contribution in [0.5, 0.6) is 0 Å². The average molecular weight is 499 g/mol. The number of carbonyl (C=O) groups is 1. The molecule has 6 nitrogen and oxygen atoms in total. The predicted octanol–water partition coefficient (Wildman–Crippen LogP) is 4.33. The molecule has 0 aliphatic heterocycles. The smallest absolute Gasteiger partial charge is 0.349 e. The molecule has 1 N–H and O–H groups in total. The summed E-state index contributed by atoms with van der Waals surface area (Å²) in [7, 11) is -4.77. The van der Waals surface area contributed by atoms with Crippen molar-refractivity contribution < 1.29 is 43.9 Å². The van der Waals surface area contributed by atoms with Crippen molar-refractivity contribution in [1.82, 2.24) is 15.3 Å². The minimum absolute atomic E-state index is 0.165. The minimum Gasteiger partial charge on any atom is -0.349 e. The third-order valence-corrected chi connectivity index (χ3v) is 7.43. The number of hydrogen-bond donors (Lipinski definition) is 1. The number of nitrogens with one attached hydrogen (secondary N) is 1. The number of rotatable bonds is 4. The van der Waals surface area contributed by atoms with Gasteiger partial charge in [-0.2, -0.15) is 26.3 Å². The number of alkyl halides is 7. The molecule has 1 heterocycles. The van der Waals surface area contributed by atoms with Gasteiger partial charge in [-0.05, 0) is 43.9 Å². The lowest BCUT2D eigenvalue weighted by atomic mass is 9.93. The second kappa shape index (κ2) is 8.54. The Bertz CT molecular complexity index is 1120. The van der Waals surface area contributed by atoms with Gasteiger partial charge in [0.2, 0.25) is 20.7 Å². The van der Waals surface area contributed by atoms with Crippen molar-refractivity contribution in [3.63, 3.8) is 0 Å².